The molecule has 1 amide bonds. The second kappa shape index (κ2) is 11.3. The van der Waals surface area contributed by atoms with Crippen LogP contribution in [0.4, 0.5) is 32.0 Å². The van der Waals surface area contributed by atoms with Gasteiger partial charge in [-0.05, 0) is 37.3 Å². The Kier molecular flexibility index (Phi) is 9.18. The number of rotatable bonds is 8. The van der Waals surface area contributed by atoms with Crippen molar-refractivity contribution in [1.29, 1.82) is 0 Å². The molecule has 0 radical (unpaired) electrons. The minimum Gasteiger partial charge on any atom is -0.466 e. The second-order valence-electron chi connectivity index (χ2n) is 7.45. The van der Waals surface area contributed by atoms with Crippen molar-refractivity contribution in [1.82, 2.24) is 5.32 Å². The third-order valence-corrected chi connectivity index (χ3v) is 5.56. The molecule has 0 heterocycles. The van der Waals surface area contributed by atoms with E-state index in [0.717, 1.165) is 18.2 Å². The number of ether oxygens (including phenoxy) is 2. The van der Waals surface area contributed by atoms with Crippen molar-refractivity contribution in [3.8, 4) is 0 Å². The van der Waals surface area contributed by atoms with E-state index in [1.807, 2.05) is 0 Å². The van der Waals surface area contributed by atoms with Gasteiger partial charge in [-0.1, -0.05) is 35.3 Å². The van der Waals surface area contributed by atoms with Crippen LogP contribution in [0.2, 0.25) is 10.0 Å². The van der Waals surface area contributed by atoms with E-state index in [1.165, 1.54) is 12.2 Å². The Hall–Kier alpha value is -3.23. The second-order valence-corrected chi connectivity index (χ2v) is 8.29. The molecule has 3 N–H and O–H groups in total. The number of methoxy groups -OCH3 is 1. The summed E-state index contributed by atoms with van der Waals surface area (Å²) in [6.45, 7) is 0.679. The van der Waals surface area contributed by atoms with E-state index in [-0.39, 0.29) is 10.0 Å². The molecule has 0 saturated heterocycles. The van der Waals surface area contributed by atoms with Crippen LogP contribution in [0, 0.1) is 0 Å². The summed E-state index contributed by atoms with van der Waals surface area (Å²) < 4.78 is 92.0. The largest absolute Gasteiger partial charge is 0.466 e. The van der Waals surface area contributed by atoms with Gasteiger partial charge in [0, 0.05) is 16.3 Å². The zero-order chi connectivity index (χ0) is 29.1. The minimum atomic E-state index is -5.59. The van der Waals surface area contributed by atoms with Gasteiger partial charge in [0.2, 0.25) is 0 Å². The van der Waals surface area contributed by atoms with E-state index < -0.39 is 64.9 Å². The van der Waals surface area contributed by atoms with Gasteiger partial charge < -0.3 is 25.2 Å². The summed E-state index contributed by atoms with van der Waals surface area (Å²) in [6.07, 6.45) is -11.2. The molecule has 0 aliphatic rings. The maximum absolute atomic E-state index is 14.3. The summed E-state index contributed by atoms with van der Waals surface area (Å²) >= 11 is 11.6. The number of benzene rings is 2. The predicted octanol–water partition coefficient (Wildman–Crippen LogP) is 4.58. The number of alkyl halides is 6. The Morgan fingerprint density at radius 3 is 1.95 bits per heavy atom. The average molecular weight is 591 g/mol. The number of hydrogen-bond donors (Lipinski definition) is 3. The standard InChI is InChI=1S/C22H18Cl2F6N2O6/c1-3-38-17(34)19(36,21(25,26)27)11-4-7-13(8-5-11)31-20(18(35)37-2,22(28,29)30)32-16(33)14-9-6-12(23)10-15(14)24/h4-10,31,36H,3H2,1-2H3,(H,32,33)/t19-,20-/m0/s1. The maximum atomic E-state index is 14.3. The predicted molar refractivity (Wildman–Crippen MR) is 121 cm³/mol. The molecule has 8 nitrogen and oxygen atoms in total. The molecule has 2 aromatic rings. The van der Waals surface area contributed by atoms with E-state index in [0.29, 0.717) is 31.4 Å². The highest BCUT2D eigenvalue weighted by atomic mass is 35.5. The van der Waals surface area contributed by atoms with Crippen molar-refractivity contribution in [3.05, 3.63) is 63.6 Å². The van der Waals surface area contributed by atoms with Crippen LogP contribution in [0.1, 0.15) is 22.8 Å². The number of esters is 2. The first-order valence-electron chi connectivity index (χ1n) is 10.2. The molecule has 2 rings (SSSR count). The third-order valence-electron chi connectivity index (χ3n) is 5.01. The molecule has 2 aromatic carbocycles. The van der Waals surface area contributed by atoms with Crippen molar-refractivity contribution in [2.75, 3.05) is 19.0 Å². The monoisotopic (exact) mass is 590 g/mol. The van der Waals surface area contributed by atoms with E-state index >= 15 is 0 Å². The van der Waals surface area contributed by atoms with Gasteiger partial charge in [-0.15, -0.1) is 0 Å². The number of nitrogens with one attached hydrogen (secondary N) is 2. The number of carbonyl (C=O) groups is 3. The molecule has 2 atom stereocenters. The van der Waals surface area contributed by atoms with Crippen molar-refractivity contribution in [2.24, 2.45) is 0 Å². The fraction of sp³-hybridized carbons (Fsp3) is 0.318. The van der Waals surface area contributed by atoms with Crippen LogP contribution >= 0.6 is 23.2 Å². The van der Waals surface area contributed by atoms with Crippen LogP contribution < -0.4 is 10.6 Å². The topological polar surface area (TPSA) is 114 Å². The molecular weight excluding hydrogens is 573 g/mol. The lowest BCUT2D eigenvalue weighted by atomic mass is 9.92. The number of anilines is 1. The zero-order valence-corrected chi connectivity index (χ0v) is 20.8. The van der Waals surface area contributed by atoms with Crippen molar-refractivity contribution in [2.45, 2.75) is 30.5 Å². The quantitative estimate of drug-likeness (QED) is 0.234. The average Bonchev–Trinajstić information content (AvgIpc) is 2.81. The Morgan fingerprint density at radius 2 is 1.50 bits per heavy atom. The molecule has 208 valence electrons. The molecule has 0 fully saturated rings. The lowest BCUT2D eigenvalue weighted by molar-refractivity contribution is -0.267. The van der Waals surface area contributed by atoms with Crippen LogP contribution in [0.5, 0.6) is 0 Å². The molecule has 0 spiro atoms. The first-order chi connectivity index (χ1) is 17.4. The van der Waals surface area contributed by atoms with Gasteiger partial charge in [0.1, 0.15) is 0 Å². The van der Waals surface area contributed by atoms with E-state index in [9.17, 15) is 45.8 Å². The maximum Gasteiger partial charge on any atom is 0.441 e. The normalized spacial score (nSPS) is 15.0. The molecule has 0 aromatic heterocycles. The lowest BCUT2D eigenvalue weighted by Gasteiger charge is -2.35. The van der Waals surface area contributed by atoms with Gasteiger partial charge in [0.05, 0.1) is 24.3 Å². The van der Waals surface area contributed by atoms with Crippen LogP contribution in [-0.4, -0.2) is 54.7 Å². The highest BCUT2D eigenvalue weighted by Crippen LogP contribution is 2.41. The summed E-state index contributed by atoms with van der Waals surface area (Å²) in [7, 11) is 0.595. The van der Waals surface area contributed by atoms with Gasteiger partial charge in [0.15, 0.2) is 0 Å². The summed E-state index contributed by atoms with van der Waals surface area (Å²) in [5, 5.41) is 13.0. The Morgan fingerprint density at radius 1 is 0.921 bits per heavy atom. The summed E-state index contributed by atoms with van der Waals surface area (Å²) in [5.41, 5.74) is -10.4. The van der Waals surface area contributed by atoms with Crippen molar-refractivity contribution in [3.63, 3.8) is 0 Å². The number of amides is 1. The fourth-order valence-electron chi connectivity index (χ4n) is 3.10. The highest BCUT2D eigenvalue weighted by Gasteiger charge is 2.64. The number of carbonyl (C=O) groups excluding carboxylic acids is 3. The summed E-state index contributed by atoms with van der Waals surface area (Å²) in [4.78, 5) is 37.0. The minimum absolute atomic E-state index is 0.0569. The highest BCUT2D eigenvalue weighted by molar-refractivity contribution is 6.36. The van der Waals surface area contributed by atoms with Crippen LogP contribution in [0.3, 0.4) is 0 Å². The van der Waals surface area contributed by atoms with Gasteiger partial charge in [0.25, 0.3) is 11.5 Å². The van der Waals surface area contributed by atoms with Crippen LogP contribution in [-0.2, 0) is 24.7 Å². The van der Waals surface area contributed by atoms with E-state index in [2.05, 4.69) is 9.47 Å². The fourth-order valence-corrected chi connectivity index (χ4v) is 3.59. The number of aliphatic hydroxyl groups is 1. The van der Waals surface area contributed by atoms with Crippen molar-refractivity contribution < 1.29 is 55.3 Å². The first kappa shape index (κ1) is 31.0. The van der Waals surface area contributed by atoms with Gasteiger partial charge >= 0.3 is 30.0 Å². The molecular formula is C22H18Cl2F6N2O6. The molecule has 38 heavy (non-hydrogen) atoms. The van der Waals surface area contributed by atoms with Gasteiger partial charge in [-0.3, -0.25) is 4.79 Å². The molecule has 16 heteroatoms. The van der Waals surface area contributed by atoms with Crippen LogP contribution in [0.25, 0.3) is 0 Å². The van der Waals surface area contributed by atoms with Gasteiger partial charge in [-0.25, -0.2) is 9.59 Å². The zero-order valence-electron chi connectivity index (χ0n) is 19.3. The Labute approximate surface area is 220 Å². The first-order valence-corrected chi connectivity index (χ1v) is 11.0. The smallest absolute Gasteiger partial charge is 0.441 e. The Bertz CT molecular complexity index is 1210. The summed E-state index contributed by atoms with van der Waals surface area (Å²) in [6, 6.07) is 5.33. The number of hydrogen-bond acceptors (Lipinski definition) is 7. The Balaban J connectivity index is 2.56. The molecule has 0 saturated carbocycles. The molecule has 0 aliphatic carbocycles. The van der Waals surface area contributed by atoms with Crippen molar-refractivity contribution >= 4 is 46.7 Å². The SMILES string of the molecule is CCOC(=O)[C@@](O)(c1ccc(N[C@](NC(=O)c2ccc(Cl)cc2Cl)(C(=O)OC)C(F)(F)F)cc1)C(F)(F)F. The van der Waals surface area contributed by atoms with E-state index in [4.69, 9.17) is 23.2 Å². The van der Waals surface area contributed by atoms with Crippen LogP contribution in [0.15, 0.2) is 42.5 Å². The number of halogens is 8. The van der Waals surface area contributed by atoms with Gasteiger partial charge in [-0.2, -0.15) is 26.3 Å². The summed E-state index contributed by atoms with van der Waals surface area (Å²) in [5.74, 6) is -5.61. The molecule has 0 aliphatic heterocycles. The molecule has 0 unspecified atom stereocenters. The third kappa shape index (κ3) is 5.92. The van der Waals surface area contributed by atoms with E-state index in [1.54, 1.807) is 5.32 Å². The molecule has 0 bridgehead atoms. The lowest BCUT2D eigenvalue weighted by Crippen LogP contribution is -2.69.